The largest absolute Gasteiger partial charge is 0.510 e. The van der Waals surface area contributed by atoms with Crippen molar-refractivity contribution in [2.24, 2.45) is 0 Å². The number of anilines is 1. The van der Waals surface area contributed by atoms with Gasteiger partial charge in [0.1, 0.15) is 5.58 Å². The molecule has 9 rings (SSSR count). The van der Waals surface area contributed by atoms with E-state index in [1.165, 1.54) is 23.3 Å². The smallest absolute Gasteiger partial charge is 0.121 e. The summed E-state index contributed by atoms with van der Waals surface area (Å²) < 4.78 is 19.4. The van der Waals surface area contributed by atoms with Gasteiger partial charge in [0.25, 0.3) is 0 Å². The van der Waals surface area contributed by atoms with Crippen LogP contribution >= 0.6 is 0 Å². The average Bonchev–Trinajstić information content (AvgIpc) is 3.80. The van der Waals surface area contributed by atoms with Gasteiger partial charge in [-0.2, -0.15) is 6.67 Å². The minimum Gasteiger partial charge on any atom is -0.510 e. The summed E-state index contributed by atoms with van der Waals surface area (Å²) in [4.78, 5) is 13.4. The summed E-state index contributed by atoms with van der Waals surface area (Å²) in [6.45, 7) is 6.20. The van der Waals surface area contributed by atoms with Crippen LogP contribution in [0.15, 0.2) is 144 Å². The molecule has 1 aliphatic rings. The van der Waals surface area contributed by atoms with Crippen LogP contribution in [-0.4, -0.2) is 21.9 Å². The number of furan rings is 1. The summed E-state index contributed by atoms with van der Waals surface area (Å²) in [6, 6.07) is 48.5. The molecule has 0 bridgehead atoms. The molecule has 0 saturated carbocycles. The van der Waals surface area contributed by atoms with Gasteiger partial charge in [-0.3, -0.25) is 4.39 Å². The maximum atomic E-state index is 13.2. The first kappa shape index (κ1) is 35.5. The average molecular weight is 869 g/mol. The van der Waals surface area contributed by atoms with Crippen LogP contribution in [0, 0.1) is 44.5 Å². The third-order valence-corrected chi connectivity index (χ3v) is 9.03. The first-order chi connectivity index (χ1) is 25.4. The first-order valence-corrected chi connectivity index (χ1v) is 17.0. The first-order valence-electron chi connectivity index (χ1n) is 17.0. The van der Waals surface area contributed by atoms with Gasteiger partial charge in [0.05, 0.1) is 5.58 Å². The standard InChI is InChI=1S/C23H14FN.C23H19N3O.Ir/c24-21-13-11-19(12-14-21)23-16-20(17-7-3-1-4-8-17)15-22(25-23)18-9-5-2-6-10-18;1-15-10-20(24-13-16(15)2)17-11-19-18-6-4-5-7-22(18)27-23(19)21(12-17)26-9-8-25(3)14-26;/h1-9,11,13-16H;4-11,13-14H,1-3H3;/q2*-2;. The fourth-order valence-electron chi connectivity index (χ4n) is 6.14. The van der Waals surface area contributed by atoms with Crippen molar-refractivity contribution < 1.29 is 28.9 Å². The molecule has 0 atom stereocenters. The Morgan fingerprint density at radius 2 is 1.45 bits per heavy atom. The fourth-order valence-corrected chi connectivity index (χ4v) is 6.14. The van der Waals surface area contributed by atoms with Crippen molar-refractivity contribution in [3.05, 3.63) is 182 Å². The number of rotatable bonds is 5. The maximum absolute atomic E-state index is 13.2. The van der Waals surface area contributed by atoms with Crippen LogP contribution in [0.3, 0.4) is 0 Å². The van der Waals surface area contributed by atoms with Crippen LogP contribution in [0.4, 0.5) is 10.1 Å². The molecule has 8 aromatic rings. The number of aromatic nitrogens is 2. The number of para-hydroxylation sites is 1. The van der Waals surface area contributed by atoms with Crippen molar-refractivity contribution in [3.63, 3.8) is 0 Å². The molecule has 0 spiro atoms. The molecular weight excluding hydrogens is 836 g/mol. The zero-order valence-corrected chi connectivity index (χ0v) is 31.7. The minimum atomic E-state index is -0.306. The molecule has 0 saturated heterocycles. The zero-order chi connectivity index (χ0) is 35.6. The van der Waals surface area contributed by atoms with E-state index in [4.69, 9.17) is 9.40 Å². The Hall–Kier alpha value is -5.88. The molecule has 53 heavy (non-hydrogen) atoms. The van der Waals surface area contributed by atoms with Crippen molar-refractivity contribution in [1.29, 1.82) is 0 Å². The van der Waals surface area contributed by atoms with Crippen LogP contribution in [0.1, 0.15) is 11.1 Å². The number of nitrogens with zero attached hydrogens (tertiary/aromatic N) is 4. The van der Waals surface area contributed by atoms with Gasteiger partial charge in [0.15, 0.2) is 0 Å². The molecular formula is C46H33FIrN4O-4. The van der Waals surface area contributed by atoms with Crippen LogP contribution < -0.4 is 4.90 Å². The SMILES string of the molecule is Cc1cnc(-c2[c-]c(N3C=CN(C)[CH-]3)c3oc4ccccc4c3c2)cc1C.Fc1c[c-]c(-c2cc(-c3ccccc3)cc(-c3[c-]cccc3)n2)cc1.[Ir]. The van der Waals surface area contributed by atoms with Gasteiger partial charge in [-0.1, -0.05) is 77.7 Å². The van der Waals surface area contributed by atoms with E-state index in [9.17, 15) is 4.39 Å². The summed E-state index contributed by atoms with van der Waals surface area (Å²) in [5.74, 6) is -0.306. The molecule has 4 heterocycles. The molecule has 0 N–H and O–H groups in total. The van der Waals surface area contributed by atoms with Crippen LogP contribution in [0.2, 0.25) is 0 Å². The van der Waals surface area contributed by atoms with Crippen molar-refractivity contribution in [2.75, 3.05) is 11.9 Å². The van der Waals surface area contributed by atoms with E-state index in [-0.39, 0.29) is 25.9 Å². The van der Waals surface area contributed by atoms with Crippen molar-refractivity contribution in [1.82, 2.24) is 14.9 Å². The third kappa shape index (κ3) is 7.54. The molecule has 0 unspecified atom stereocenters. The predicted octanol–water partition coefficient (Wildman–Crippen LogP) is 11.2. The Bertz CT molecular complexity index is 2490. The quantitative estimate of drug-likeness (QED) is 0.161. The zero-order valence-electron chi connectivity index (χ0n) is 29.3. The Labute approximate surface area is 322 Å². The monoisotopic (exact) mass is 869 g/mol. The molecule has 0 aliphatic carbocycles. The van der Waals surface area contributed by atoms with Gasteiger partial charge in [0.2, 0.25) is 0 Å². The topological polar surface area (TPSA) is 45.4 Å². The number of aryl methyl sites for hydroxylation is 2. The summed E-state index contributed by atoms with van der Waals surface area (Å²) in [5, 5.41) is 2.18. The van der Waals surface area contributed by atoms with E-state index < -0.39 is 0 Å². The molecule has 5 aromatic carbocycles. The second kappa shape index (κ2) is 15.4. The summed E-state index contributed by atoms with van der Waals surface area (Å²) in [5.41, 5.74) is 12.3. The summed E-state index contributed by atoms with van der Waals surface area (Å²) in [6.07, 6.45) is 5.94. The second-order valence-corrected chi connectivity index (χ2v) is 12.7. The Morgan fingerprint density at radius 3 is 2.15 bits per heavy atom. The minimum absolute atomic E-state index is 0. The second-order valence-electron chi connectivity index (χ2n) is 12.7. The number of benzene rings is 5. The molecule has 1 radical (unpaired) electrons. The van der Waals surface area contributed by atoms with E-state index in [0.29, 0.717) is 0 Å². The van der Waals surface area contributed by atoms with Crippen LogP contribution in [0.5, 0.6) is 0 Å². The number of halogens is 1. The van der Waals surface area contributed by atoms with E-state index in [1.807, 2.05) is 115 Å². The molecule has 263 valence electrons. The van der Waals surface area contributed by atoms with Crippen molar-refractivity contribution >= 4 is 27.6 Å². The summed E-state index contributed by atoms with van der Waals surface area (Å²) >= 11 is 0. The Balaban J connectivity index is 0.000000162. The molecule has 0 amide bonds. The normalized spacial score (nSPS) is 12.2. The molecule has 7 heteroatoms. The number of fused-ring (bicyclic) bond motifs is 3. The Kier molecular flexibility index (Phi) is 10.3. The van der Waals surface area contributed by atoms with Crippen LogP contribution in [0.25, 0.3) is 66.8 Å². The van der Waals surface area contributed by atoms with E-state index in [0.717, 1.165) is 72.5 Å². The van der Waals surface area contributed by atoms with Crippen molar-refractivity contribution in [2.45, 2.75) is 13.8 Å². The maximum Gasteiger partial charge on any atom is 0.121 e. The molecule has 3 aromatic heterocycles. The van der Waals surface area contributed by atoms with Gasteiger partial charge >= 0.3 is 0 Å². The predicted molar refractivity (Wildman–Crippen MR) is 207 cm³/mol. The number of hydrogen-bond donors (Lipinski definition) is 0. The fraction of sp³-hybridized carbons (Fsp3) is 0.0652. The van der Waals surface area contributed by atoms with Gasteiger partial charge in [-0.05, 0) is 78.8 Å². The van der Waals surface area contributed by atoms with E-state index >= 15 is 0 Å². The van der Waals surface area contributed by atoms with E-state index in [2.05, 4.69) is 67.4 Å². The Morgan fingerprint density at radius 1 is 0.698 bits per heavy atom. The van der Waals surface area contributed by atoms with Crippen LogP contribution in [-0.2, 0) is 20.1 Å². The third-order valence-electron chi connectivity index (χ3n) is 9.03. The molecule has 5 nitrogen and oxygen atoms in total. The van der Waals surface area contributed by atoms with Gasteiger partial charge in [-0.25, -0.2) is 0 Å². The van der Waals surface area contributed by atoms with E-state index in [1.54, 1.807) is 6.07 Å². The summed E-state index contributed by atoms with van der Waals surface area (Å²) in [7, 11) is 2.00. The molecule has 0 fully saturated rings. The van der Waals surface area contributed by atoms with Gasteiger partial charge < -0.3 is 24.2 Å². The number of hydrogen-bond acceptors (Lipinski definition) is 5. The molecule has 1 aliphatic heterocycles. The van der Waals surface area contributed by atoms with Crippen molar-refractivity contribution in [3.8, 4) is 44.9 Å². The number of pyridine rings is 2. The van der Waals surface area contributed by atoms with Gasteiger partial charge in [-0.15, -0.1) is 83.4 Å². The van der Waals surface area contributed by atoms with Gasteiger partial charge in [0, 0.05) is 37.5 Å².